The lowest BCUT2D eigenvalue weighted by Crippen LogP contribution is -2.26. The zero-order chi connectivity index (χ0) is 17.2. The van der Waals surface area contributed by atoms with Crippen LogP contribution in [-0.4, -0.2) is 30.1 Å². The molecule has 3 aromatic rings. The maximum atomic E-state index is 12.4. The van der Waals surface area contributed by atoms with Gasteiger partial charge in [0.2, 0.25) is 15.8 Å². The summed E-state index contributed by atoms with van der Waals surface area (Å²) in [7, 11) is -3.54. The Bertz CT molecular complexity index is 930. The first kappa shape index (κ1) is 16.4. The molecule has 0 atom stereocenters. The Morgan fingerprint density at radius 3 is 2.79 bits per heavy atom. The summed E-state index contributed by atoms with van der Waals surface area (Å²) in [5, 5.41) is 6.83. The fraction of sp³-hybridized carbons (Fsp3) is 0.250. The molecule has 0 spiro atoms. The minimum Gasteiger partial charge on any atom is -0.461 e. The summed E-state index contributed by atoms with van der Waals surface area (Å²) in [4.78, 5) is 4.57. The molecule has 7 nitrogen and oxygen atoms in total. The molecule has 0 radical (unpaired) electrons. The van der Waals surface area contributed by atoms with Gasteiger partial charge in [-0.1, -0.05) is 17.7 Å². The molecular formula is C16H18N4O3S. The Balaban J connectivity index is 1.63. The van der Waals surface area contributed by atoms with Crippen LogP contribution in [0.1, 0.15) is 17.0 Å². The predicted molar refractivity (Wildman–Crippen MR) is 88.9 cm³/mol. The lowest BCUT2D eigenvalue weighted by Gasteiger charge is -2.09. The van der Waals surface area contributed by atoms with Gasteiger partial charge in [-0.25, -0.2) is 18.1 Å². The van der Waals surface area contributed by atoms with Crippen LogP contribution in [0.15, 0.2) is 45.9 Å². The zero-order valence-electron chi connectivity index (χ0n) is 13.4. The number of rotatable bonds is 6. The molecule has 2 aromatic heterocycles. The molecule has 0 bridgehead atoms. The van der Waals surface area contributed by atoms with E-state index in [0.29, 0.717) is 28.7 Å². The Morgan fingerprint density at radius 2 is 2.08 bits per heavy atom. The highest BCUT2D eigenvalue weighted by Crippen LogP contribution is 2.17. The van der Waals surface area contributed by atoms with Crippen LogP contribution in [0.25, 0.3) is 11.6 Å². The van der Waals surface area contributed by atoms with E-state index in [1.54, 1.807) is 37.5 Å². The fourth-order valence-electron chi connectivity index (χ4n) is 2.41. The highest BCUT2D eigenvalue weighted by Gasteiger charge is 2.16. The molecule has 8 heteroatoms. The van der Waals surface area contributed by atoms with Crippen molar-refractivity contribution in [3.05, 3.63) is 53.5 Å². The van der Waals surface area contributed by atoms with Gasteiger partial charge < -0.3 is 4.42 Å². The van der Waals surface area contributed by atoms with Crippen molar-refractivity contribution < 1.29 is 12.8 Å². The van der Waals surface area contributed by atoms with Crippen molar-refractivity contribution in [1.29, 1.82) is 0 Å². The SMILES string of the molecule is Cc1ccc(S(=O)(=O)NCCc2nc(-c3ccco3)n[nH]2)c(C)c1. The number of aromatic amines is 1. The summed E-state index contributed by atoms with van der Waals surface area (Å²) in [6, 6.07) is 8.77. The number of benzene rings is 1. The standard InChI is InChI=1S/C16H18N4O3S/c1-11-5-6-14(12(2)10-11)24(21,22)17-8-7-15-18-16(20-19-15)13-4-3-9-23-13/h3-6,9-10,17H,7-8H2,1-2H3,(H,18,19,20). The summed E-state index contributed by atoms with van der Waals surface area (Å²) in [5.41, 5.74) is 1.75. The molecule has 3 rings (SSSR count). The summed E-state index contributed by atoms with van der Waals surface area (Å²) < 4.78 is 32.6. The number of nitrogens with zero attached hydrogens (tertiary/aromatic N) is 2. The number of H-pyrrole nitrogens is 1. The van der Waals surface area contributed by atoms with E-state index in [4.69, 9.17) is 4.42 Å². The third-order valence-corrected chi connectivity index (χ3v) is 5.17. The van der Waals surface area contributed by atoms with Gasteiger partial charge in [0, 0.05) is 13.0 Å². The first-order valence-corrected chi connectivity index (χ1v) is 8.96. The second-order valence-electron chi connectivity index (χ2n) is 5.50. The van der Waals surface area contributed by atoms with Gasteiger partial charge in [-0.05, 0) is 37.6 Å². The van der Waals surface area contributed by atoms with Crippen molar-refractivity contribution in [3.63, 3.8) is 0 Å². The van der Waals surface area contributed by atoms with Gasteiger partial charge >= 0.3 is 0 Å². The molecule has 126 valence electrons. The number of furan rings is 1. The topological polar surface area (TPSA) is 101 Å². The maximum absolute atomic E-state index is 12.4. The molecule has 2 heterocycles. The summed E-state index contributed by atoms with van der Waals surface area (Å²) >= 11 is 0. The smallest absolute Gasteiger partial charge is 0.240 e. The average Bonchev–Trinajstić information content (AvgIpc) is 3.17. The minimum absolute atomic E-state index is 0.225. The van der Waals surface area contributed by atoms with Crippen molar-refractivity contribution >= 4 is 10.0 Å². The van der Waals surface area contributed by atoms with E-state index in [-0.39, 0.29) is 6.54 Å². The number of hydrogen-bond acceptors (Lipinski definition) is 5. The van der Waals surface area contributed by atoms with E-state index in [0.717, 1.165) is 11.1 Å². The minimum atomic E-state index is -3.54. The monoisotopic (exact) mass is 346 g/mol. The molecule has 0 fully saturated rings. The largest absolute Gasteiger partial charge is 0.461 e. The van der Waals surface area contributed by atoms with E-state index in [1.807, 2.05) is 13.0 Å². The molecule has 0 aliphatic carbocycles. The van der Waals surface area contributed by atoms with E-state index in [2.05, 4.69) is 19.9 Å². The van der Waals surface area contributed by atoms with Gasteiger partial charge in [-0.3, -0.25) is 5.10 Å². The normalized spacial score (nSPS) is 11.8. The van der Waals surface area contributed by atoms with Gasteiger partial charge in [0.15, 0.2) is 5.76 Å². The molecule has 0 amide bonds. The van der Waals surface area contributed by atoms with E-state index in [9.17, 15) is 8.42 Å². The van der Waals surface area contributed by atoms with Crippen molar-refractivity contribution in [2.75, 3.05) is 6.54 Å². The third-order valence-electron chi connectivity index (χ3n) is 3.55. The van der Waals surface area contributed by atoms with Crippen LogP contribution in [-0.2, 0) is 16.4 Å². The molecule has 0 saturated heterocycles. The second kappa shape index (κ2) is 6.58. The fourth-order valence-corrected chi connectivity index (χ4v) is 3.66. The van der Waals surface area contributed by atoms with Crippen LogP contribution in [0.2, 0.25) is 0 Å². The highest BCUT2D eigenvalue weighted by molar-refractivity contribution is 7.89. The number of aryl methyl sites for hydroxylation is 2. The van der Waals surface area contributed by atoms with Crippen LogP contribution in [0.3, 0.4) is 0 Å². The van der Waals surface area contributed by atoms with Crippen LogP contribution < -0.4 is 4.72 Å². The predicted octanol–water partition coefficient (Wildman–Crippen LogP) is 2.20. The van der Waals surface area contributed by atoms with Crippen molar-refractivity contribution in [3.8, 4) is 11.6 Å². The molecule has 2 N–H and O–H groups in total. The van der Waals surface area contributed by atoms with Crippen molar-refractivity contribution in [1.82, 2.24) is 19.9 Å². The summed E-state index contributed by atoms with van der Waals surface area (Å²) in [6.45, 7) is 3.94. The van der Waals surface area contributed by atoms with E-state index < -0.39 is 10.0 Å². The van der Waals surface area contributed by atoms with Gasteiger partial charge in [-0.15, -0.1) is 0 Å². The lowest BCUT2D eigenvalue weighted by molar-refractivity contribution is 0.577. The first-order chi connectivity index (χ1) is 11.5. The van der Waals surface area contributed by atoms with Crippen LogP contribution in [0.4, 0.5) is 0 Å². The van der Waals surface area contributed by atoms with Crippen molar-refractivity contribution in [2.45, 2.75) is 25.2 Å². The Kier molecular flexibility index (Phi) is 4.50. The number of sulfonamides is 1. The third kappa shape index (κ3) is 3.55. The van der Waals surface area contributed by atoms with Crippen molar-refractivity contribution in [2.24, 2.45) is 0 Å². The Morgan fingerprint density at radius 1 is 1.25 bits per heavy atom. The second-order valence-corrected chi connectivity index (χ2v) is 7.24. The lowest BCUT2D eigenvalue weighted by atomic mass is 10.2. The van der Waals surface area contributed by atoms with Gasteiger partial charge in [0.05, 0.1) is 11.2 Å². The van der Waals surface area contributed by atoms with E-state index >= 15 is 0 Å². The number of aromatic nitrogens is 3. The highest BCUT2D eigenvalue weighted by atomic mass is 32.2. The zero-order valence-corrected chi connectivity index (χ0v) is 14.2. The van der Waals surface area contributed by atoms with Crippen LogP contribution in [0, 0.1) is 13.8 Å². The maximum Gasteiger partial charge on any atom is 0.240 e. The van der Waals surface area contributed by atoms with Gasteiger partial charge in [0.25, 0.3) is 0 Å². The molecule has 24 heavy (non-hydrogen) atoms. The Hall–Kier alpha value is -2.45. The molecule has 0 unspecified atom stereocenters. The molecular weight excluding hydrogens is 328 g/mol. The van der Waals surface area contributed by atoms with Crippen LogP contribution >= 0.6 is 0 Å². The summed E-state index contributed by atoms with van der Waals surface area (Å²) in [6.07, 6.45) is 1.95. The van der Waals surface area contributed by atoms with Crippen LogP contribution in [0.5, 0.6) is 0 Å². The average molecular weight is 346 g/mol. The number of hydrogen-bond donors (Lipinski definition) is 2. The van der Waals surface area contributed by atoms with Gasteiger partial charge in [0.1, 0.15) is 5.82 Å². The molecule has 0 aliphatic heterocycles. The Labute approximate surface area is 140 Å². The first-order valence-electron chi connectivity index (χ1n) is 7.48. The van der Waals surface area contributed by atoms with E-state index in [1.165, 1.54) is 0 Å². The molecule has 0 aliphatic rings. The quantitative estimate of drug-likeness (QED) is 0.712. The number of nitrogens with one attached hydrogen (secondary N) is 2. The van der Waals surface area contributed by atoms with Gasteiger partial charge in [-0.2, -0.15) is 5.10 Å². The summed E-state index contributed by atoms with van der Waals surface area (Å²) in [5.74, 6) is 1.60. The molecule has 0 saturated carbocycles. The molecule has 1 aromatic carbocycles.